The van der Waals surface area contributed by atoms with Crippen molar-refractivity contribution >= 4 is 5.97 Å². The van der Waals surface area contributed by atoms with E-state index in [4.69, 9.17) is 9.47 Å². The van der Waals surface area contributed by atoms with Crippen molar-refractivity contribution in [1.29, 1.82) is 0 Å². The van der Waals surface area contributed by atoms with Crippen molar-refractivity contribution in [1.82, 2.24) is 19.1 Å². The van der Waals surface area contributed by atoms with Gasteiger partial charge in [0.25, 0.3) is 11.1 Å². The number of aliphatic hydroxyl groups is 1. The summed E-state index contributed by atoms with van der Waals surface area (Å²) in [5, 5.41) is 11.0. The summed E-state index contributed by atoms with van der Waals surface area (Å²) in [5.41, 5.74) is -0.904. The van der Waals surface area contributed by atoms with Crippen molar-refractivity contribution in [3.8, 4) is 11.5 Å². The lowest BCUT2D eigenvalue weighted by Crippen LogP contribution is -2.37. The fourth-order valence-electron chi connectivity index (χ4n) is 6.00. The first-order valence-electron chi connectivity index (χ1n) is 16.3. The fraction of sp³-hybridized carbons (Fsp3) is 0.457. The largest absolute Gasteiger partial charge is 0.465 e. The Labute approximate surface area is 280 Å². The Morgan fingerprint density at radius 2 is 1.63 bits per heavy atom. The van der Waals surface area contributed by atoms with Gasteiger partial charge in [-0.1, -0.05) is 43.6 Å². The Hall–Kier alpha value is -4.85. The zero-order chi connectivity index (χ0) is 35.8. The van der Waals surface area contributed by atoms with Crippen LogP contribution in [-0.2, 0) is 24.3 Å². The molecule has 3 aromatic rings. The topological polar surface area (TPSA) is 165 Å². The normalized spacial score (nSPS) is 16.6. The average Bonchev–Trinajstić information content (AvgIpc) is 3.04. The molecule has 264 valence electrons. The first-order valence-corrected chi connectivity index (χ1v) is 16.3. The van der Waals surface area contributed by atoms with Crippen LogP contribution in [-0.4, -0.2) is 36.5 Å². The molecule has 0 aliphatic heterocycles. The number of hydrogen-bond donors (Lipinski definition) is 3. The number of hydrogen-bond acceptors (Lipinski definition) is 8. The van der Waals surface area contributed by atoms with Gasteiger partial charge in [-0.3, -0.25) is 23.5 Å². The highest BCUT2D eigenvalue weighted by Gasteiger charge is 2.32. The van der Waals surface area contributed by atoms with E-state index in [-0.39, 0.29) is 30.4 Å². The number of aromatic nitrogens is 4. The molecule has 0 amide bonds. The van der Waals surface area contributed by atoms with Crippen molar-refractivity contribution in [2.24, 2.45) is 5.92 Å². The van der Waals surface area contributed by atoms with Crippen LogP contribution in [0.2, 0.25) is 0 Å². The number of rotatable bonds is 15. The first-order chi connectivity index (χ1) is 23.3. The van der Waals surface area contributed by atoms with E-state index in [1.54, 1.807) is 12.1 Å². The predicted molar refractivity (Wildman–Crippen MR) is 178 cm³/mol. The number of nitrogens with one attached hydrogen (secondary N) is 2. The van der Waals surface area contributed by atoms with E-state index in [1.165, 1.54) is 0 Å². The molecule has 4 rings (SSSR count). The van der Waals surface area contributed by atoms with Gasteiger partial charge in [0.1, 0.15) is 11.5 Å². The molecule has 1 aromatic carbocycles. The SMILES string of the molecule is C=C(C)[C@@H]1CCC(C)=C[C@H]1c1c(OC(=O)CCn2c(=O)[nH]cc(F)c2=O)cc(CCCCC)cc1OC(O)CCn1c(=O)[nH]cc(F)c1=O. The number of nitrogens with zero attached hydrogens (tertiary/aromatic N) is 2. The van der Waals surface area contributed by atoms with Crippen LogP contribution in [0.4, 0.5) is 8.78 Å². The van der Waals surface area contributed by atoms with Crippen molar-refractivity contribution in [3.05, 3.63) is 113 Å². The molecule has 0 saturated carbocycles. The van der Waals surface area contributed by atoms with Crippen LogP contribution in [0.1, 0.15) is 82.8 Å². The molecule has 0 saturated heterocycles. The highest BCUT2D eigenvalue weighted by atomic mass is 19.1. The van der Waals surface area contributed by atoms with Crippen LogP contribution in [0.25, 0.3) is 0 Å². The van der Waals surface area contributed by atoms with Crippen LogP contribution >= 0.6 is 0 Å². The van der Waals surface area contributed by atoms with Gasteiger partial charge in [0.15, 0.2) is 6.29 Å². The van der Waals surface area contributed by atoms with Gasteiger partial charge in [0.2, 0.25) is 11.6 Å². The zero-order valence-corrected chi connectivity index (χ0v) is 27.9. The molecule has 1 aliphatic rings. The van der Waals surface area contributed by atoms with Crippen molar-refractivity contribution < 1.29 is 28.2 Å². The maximum Gasteiger partial charge on any atom is 0.328 e. The molecule has 2 heterocycles. The number of ether oxygens (including phenoxy) is 2. The summed E-state index contributed by atoms with van der Waals surface area (Å²) < 4.78 is 40.9. The molecule has 3 atom stereocenters. The number of carbonyl (C=O) groups excluding carboxylic acids is 1. The van der Waals surface area contributed by atoms with Gasteiger partial charge in [-0.2, -0.15) is 8.78 Å². The summed E-state index contributed by atoms with van der Waals surface area (Å²) in [6, 6.07) is 3.48. The van der Waals surface area contributed by atoms with E-state index < -0.39 is 65.3 Å². The second-order valence-corrected chi connectivity index (χ2v) is 12.4. The number of allylic oxidation sites excluding steroid dienone is 3. The van der Waals surface area contributed by atoms with E-state index >= 15 is 0 Å². The zero-order valence-electron chi connectivity index (χ0n) is 27.9. The lowest BCUT2D eigenvalue weighted by Gasteiger charge is -2.33. The van der Waals surface area contributed by atoms with Gasteiger partial charge in [-0.05, 0) is 63.1 Å². The molecule has 2 aromatic heterocycles. The third-order valence-corrected chi connectivity index (χ3v) is 8.61. The molecule has 3 N–H and O–H groups in total. The van der Waals surface area contributed by atoms with Crippen molar-refractivity contribution in [2.75, 3.05) is 0 Å². The lowest BCUT2D eigenvalue weighted by atomic mass is 9.73. The van der Waals surface area contributed by atoms with Gasteiger partial charge in [-0.25, -0.2) is 9.59 Å². The molecule has 14 heteroatoms. The smallest absolute Gasteiger partial charge is 0.328 e. The van der Waals surface area contributed by atoms with Crippen LogP contribution in [0.5, 0.6) is 11.5 Å². The van der Waals surface area contributed by atoms with Gasteiger partial charge < -0.3 is 24.5 Å². The molecule has 1 unspecified atom stereocenters. The van der Waals surface area contributed by atoms with Gasteiger partial charge >= 0.3 is 17.3 Å². The van der Waals surface area contributed by atoms with E-state index in [9.17, 15) is 37.9 Å². The second-order valence-electron chi connectivity index (χ2n) is 12.4. The number of benzene rings is 1. The molecule has 12 nitrogen and oxygen atoms in total. The summed E-state index contributed by atoms with van der Waals surface area (Å²) >= 11 is 0. The molecule has 0 fully saturated rings. The number of unbranched alkanes of at least 4 members (excludes halogenated alkanes) is 2. The number of carbonyl (C=O) groups is 1. The van der Waals surface area contributed by atoms with Crippen LogP contribution in [0.3, 0.4) is 0 Å². The van der Waals surface area contributed by atoms with Gasteiger partial charge in [0, 0.05) is 43.4 Å². The Morgan fingerprint density at radius 3 is 2.24 bits per heavy atom. The summed E-state index contributed by atoms with van der Waals surface area (Å²) in [4.78, 5) is 66.2. The van der Waals surface area contributed by atoms with E-state index in [2.05, 4.69) is 23.5 Å². The summed E-state index contributed by atoms with van der Waals surface area (Å²) in [7, 11) is 0. The molecule has 49 heavy (non-hydrogen) atoms. The molecular formula is C35H42F2N4O8. The fourth-order valence-corrected chi connectivity index (χ4v) is 6.00. The maximum absolute atomic E-state index is 13.9. The summed E-state index contributed by atoms with van der Waals surface area (Å²) in [6.07, 6.45) is 5.89. The van der Waals surface area contributed by atoms with Crippen molar-refractivity contribution in [3.63, 3.8) is 0 Å². The average molecular weight is 685 g/mol. The molecule has 0 radical (unpaired) electrons. The first kappa shape index (κ1) is 37.0. The van der Waals surface area contributed by atoms with Crippen LogP contribution in [0, 0.1) is 17.6 Å². The summed E-state index contributed by atoms with van der Waals surface area (Å²) in [6.45, 7) is 9.33. The summed E-state index contributed by atoms with van der Waals surface area (Å²) in [5.74, 6) is -3.29. The number of aromatic amines is 2. The molecule has 1 aliphatic carbocycles. The predicted octanol–water partition coefficient (Wildman–Crippen LogP) is 4.20. The Bertz CT molecular complexity index is 1960. The van der Waals surface area contributed by atoms with Crippen LogP contribution < -0.4 is 32.0 Å². The minimum atomic E-state index is -1.56. The second kappa shape index (κ2) is 16.5. The van der Waals surface area contributed by atoms with Crippen LogP contribution in [0.15, 0.2) is 67.5 Å². The third kappa shape index (κ3) is 9.19. The minimum absolute atomic E-state index is 0.0968. The quantitative estimate of drug-likeness (QED) is 0.0705. The monoisotopic (exact) mass is 684 g/mol. The molecule has 0 bridgehead atoms. The number of halogens is 2. The lowest BCUT2D eigenvalue weighted by molar-refractivity contribution is -0.134. The number of aryl methyl sites for hydroxylation is 1. The van der Waals surface area contributed by atoms with E-state index in [0.29, 0.717) is 33.5 Å². The van der Waals surface area contributed by atoms with Crippen molar-refractivity contribution in [2.45, 2.75) is 97.4 Å². The Kier molecular flexibility index (Phi) is 12.5. The Balaban J connectivity index is 1.75. The highest BCUT2D eigenvalue weighted by Crippen LogP contribution is 2.47. The number of aliphatic hydroxyl groups excluding tert-OH is 1. The third-order valence-electron chi connectivity index (χ3n) is 8.61. The van der Waals surface area contributed by atoms with Gasteiger partial charge in [0.05, 0.1) is 6.42 Å². The highest BCUT2D eigenvalue weighted by molar-refractivity contribution is 5.73. The molecular weight excluding hydrogens is 642 g/mol. The minimum Gasteiger partial charge on any atom is -0.465 e. The molecule has 0 spiro atoms. The Morgan fingerprint density at radius 1 is 1.02 bits per heavy atom. The van der Waals surface area contributed by atoms with E-state index in [1.807, 2.05) is 19.9 Å². The number of esters is 1. The standard InChI is InChI=1S/C35H42F2N4O8/c1-5-6-7-8-22-16-27(48-29(42)11-13-40-32(44)25(36)18-38-34(40)46)31(24-15-21(4)9-10-23(24)20(2)3)28(17-22)49-30(43)12-14-41-33(45)26(37)19-39-35(41)47/h15-19,23-24,29,42H,2,5-14H2,1,3-4H3,(H,38,46)(H,39,47)/t23-,24+,29?/m0/s1. The maximum atomic E-state index is 13.9. The number of H-pyrrole nitrogens is 2. The van der Waals surface area contributed by atoms with Gasteiger partial charge in [-0.15, -0.1) is 0 Å². The van der Waals surface area contributed by atoms with E-state index in [0.717, 1.165) is 48.8 Å².